The lowest BCUT2D eigenvalue weighted by Crippen LogP contribution is -2.29. The number of benzene rings is 3. The summed E-state index contributed by atoms with van der Waals surface area (Å²) in [4.78, 5) is 44.3. The van der Waals surface area contributed by atoms with E-state index in [4.69, 9.17) is 5.11 Å². The molecule has 238 valence electrons. The van der Waals surface area contributed by atoms with Crippen molar-refractivity contribution >= 4 is 40.8 Å². The maximum Gasteiger partial charge on any atom is 0.416 e. The van der Waals surface area contributed by atoms with Crippen LogP contribution < -0.4 is 10.2 Å². The number of nitrogens with zero attached hydrogens (tertiary/aromatic N) is 2. The number of alkyl halides is 3. The van der Waals surface area contributed by atoms with Crippen molar-refractivity contribution < 1.29 is 32.7 Å². The standard InChI is InChI=1S/C35H32F3N3O4S/c36-35(37,38)27-9-5-7-24(19-27)33(44)25-12-14-39-31(20-25)29-21-28(41-15-2-1-3-16-41)10-11-30(29)40-34(45)26-8-4-6-23(18-26)22-46-17-13-32(42)43/h4-12,14,18-21H,1-3,13,15-17,22H2,(H,40,45)(H,42,43). The van der Waals surface area contributed by atoms with Crippen LogP contribution in [0.25, 0.3) is 11.3 Å². The largest absolute Gasteiger partial charge is 0.481 e. The molecule has 1 aliphatic rings. The summed E-state index contributed by atoms with van der Waals surface area (Å²) in [5, 5.41) is 11.8. The summed E-state index contributed by atoms with van der Waals surface area (Å²) in [7, 11) is 0. The zero-order valence-corrected chi connectivity index (χ0v) is 25.7. The van der Waals surface area contributed by atoms with Gasteiger partial charge in [0.05, 0.1) is 23.4 Å². The highest BCUT2D eigenvalue weighted by Gasteiger charge is 2.31. The minimum absolute atomic E-state index is 0.0574. The second-order valence-corrected chi connectivity index (χ2v) is 12.1. The van der Waals surface area contributed by atoms with E-state index < -0.39 is 23.5 Å². The van der Waals surface area contributed by atoms with Crippen LogP contribution in [0.3, 0.4) is 0 Å². The van der Waals surface area contributed by atoms with Gasteiger partial charge in [-0.2, -0.15) is 24.9 Å². The number of carbonyl (C=O) groups excluding carboxylic acids is 2. The Kier molecular flexibility index (Phi) is 10.4. The SMILES string of the molecule is O=C(O)CCSCc1cccc(C(=O)Nc2ccc(N3CCCCC3)cc2-c2cc(C(=O)c3cccc(C(F)(F)F)c3)ccn2)c1. The number of hydrogen-bond donors (Lipinski definition) is 2. The van der Waals surface area contributed by atoms with Gasteiger partial charge < -0.3 is 15.3 Å². The number of rotatable bonds is 11. The van der Waals surface area contributed by atoms with Crippen molar-refractivity contribution in [3.63, 3.8) is 0 Å². The highest BCUT2D eigenvalue weighted by Crippen LogP contribution is 2.34. The summed E-state index contributed by atoms with van der Waals surface area (Å²) in [5.41, 5.74) is 2.81. The average molecular weight is 648 g/mol. The summed E-state index contributed by atoms with van der Waals surface area (Å²) in [5.74, 6) is -0.782. The summed E-state index contributed by atoms with van der Waals surface area (Å²) in [6, 6.07) is 20.0. The van der Waals surface area contributed by atoms with E-state index in [1.54, 1.807) is 24.3 Å². The lowest BCUT2D eigenvalue weighted by atomic mass is 9.99. The number of thioether (sulfide) groups is 1. The van der Waals surface area contributed by atoms with Gasteiger partial charge in [-0.3, -0.25) is 19.4 Å². The molecule has 1 saturated heterocycles. The van der Waals surface area contributed by atoms with Gasteiger partial charge in [0.15, 0.2) is 5.78 Å². The molecule has 1 aromatic heterocycles. The lowest BCUT2D eigenvalue weighted by Gasteiger charge is -2.29. The first kappa shape index (κ1) is 32.7. The first-order valence-electron chi connectivity index (χ1n) is 14.9. The molecule has 2 heterocycles. The third kappa shape index (κ3) is 8.33. The van der Waals surface area contributed by atoms with Gasteiger partial charge >= 0.3 is 12.1 Å². The maximum atomic E-state index is 13.5. The van der Waals surface area contributed by atoms with Crippen LogP contribution >= 0.6 is 11.8 Å². The summed E-state index contributed by atoms with van der Waals surface area (Å²) >= 11 is 1.47. The van der Waals surface area contributed by atoms with Crippen LogP contribution in [-0.2, 0) is 16.7 Å². The van der Waals surface area contributed by atoms with E-state index in [0.717, 1.165) is 55.7 Å². The van der Waals surface area contributed by atoms with Crippen molar-refractivity contribution in [3.8, 4) is 11.3 Å². The van der Waals surface area contributed by atoms with Crippen LogP contribution in [0.2, 0.25) is 0 Å². The number of aromatic nitrogens is 1. The number of carboxylic acid groups (broad SMARTS) is 1. The summed E-state index contributed by atoms with van der Waals surface area (Å²) in [6.07, 6.45) is 0.162. The zero-order valence-electron chi connectivity index (χ0n) is 24.8. The quantitative estimate of drug-likeness (QED) is 0.126. The molecule has 1 amide bonds. The fourth-order valence-corrected chi connectivity index (χ4v) is 6.15. The number of aliphatic carboxylic acids is 1. The zero-order chi connectivity index (χ0) is 32.7. The second kappa shape index (κ2) is 14.6. The van der Waals surface area contributed by atoms with E-state index in [0.29, 0.717) is 34.0 Å². The molecule has 4 aromatic rings. The normalized spacial score (nSPS) is 13.3. The molecule has 1 aliphatic heterocycles. The highest BCUT2D eigenvalue weighted by molar-refractivity contribution is 7.98. The molecule has 0 bridgehead atoms. The molecule has 0 spiro atoms. The molecule has 46 heavy (non-hydrogen) atoms. The van der Waals surface area contributed by atoms with Gasteiger partial charge in [0, 0.05) is 58.7 Å². The Labute approximate surface area is 268 Å². The van der Waals surface area contributed by atoms with E-state index in [9.17, 15) is 27.6 Å². The third-order valence-corrected chi connectivity index (χ3v) is 8.67. The Hall–Kier alpha value is -4.64. The number of ketones is 1. The molecule has 0 aliphatic carbocycles. The van der Waals surface area contributed by atoms with Crippen molar-refractivity contribution in [1.82, 2.24) is 4.98 Å². The summed E-state index contributed by atoms with van der Waals surface area (Å²) in [6.45, 7) is 1.76. The van der Waals surface area contributed by atoms with Gasteiger partial charge in [-0.15, -0.1) is 0 Å². The monoisotopic (exact) mass is 647 g/mol. The molecule has 0 unspecified atom stereocenters. The van der Waals surface area contributed by atoms with E-state index in [1.165, 1.54) is 42.2 Å². The van der Waals surface area contributed by atoms with E-state index in [1.807, 2.05) is 18.2 Å². The molecule has 11 heteroatoms. The molecule has 0 atom stereocenters. The number of halogens is 3. The average Bonchev–Trinajstić information content (AvgIpc) is 3.06. The number of hydrogen-bond acceptors (Lipinski definition) is 6. The Bertz CT molecular complexity index is 1740. The number of pyridine rings is 1. The topological polar surface area (TPSA) is 99.6 Å². The Morgan fingerprint density at radius 2 is 1.61 bits per heavy atom. The predicted molar refractivity (Wildman–Crippen MR) is 173 cm³/mol. The van der Waals surface area contributed by atoms with Gasteiger partial charge in [-0.25, -0.2) is 0 Å². The molecule has 1 fully saturated rings. The van der Waals surface area contributed by atoms with Gasteiger partial charge in [0.2, 0.25) is 0 Å². The molecule has 0 saturated carbocycles. The molecule has 2 N–H and O–H groups in total. The van der Waals surface area contributed by atoms with E-state index in [2.05, 4.69) is 15.2 Å². The molecule has 7 nitrogen and oxygen atoms in total. The Balaban J connectivity index is 1.44. The van der Waals surface area contributed by atoms with E-state index >= 15 is 0 Å². The number of carbonyl (C=O) groups is 3. The second-order valence-electron chi connectivity index (χ2n) is 11.0. The first-order valence-corrected chi connectivity index (χ1v) is 16.0. The van der Waals surface area contributed by atoms with Crippen LogP contribution in [-0.4, -0.2) is 46.6 Å². The number of amides is 1. The number of carboxylic acids is 1. The Morgan fingerprint density at radius 1 is 0.870 bits per heavy atom. The maximum absolute atomic E-state index is 13.5. The molecule has 3 aromatic carbocycles. The third-order valence-electron chi connectivity index (χ3n) is 7.64. The minimum Gasteiger partial charge on any atom is -0.481 e. The molecular formula is C35H32F3N3O4S. The lowest BCUT2D eigenvalue weighted by molar-refractivity contribution is -0.138. The number of piperidine rings is 1. The predicted octanol–water partition coefficient (Wildman–Crippen LogP) is 7.95. The number of nitrogens with one attached hydrogen (secondary N) is 1. The smallest absolute Gasteiger partial charge is 0.416 e. The van der Waals surface area contributed by atoms with Crippen LogP contribution in [0.15, 0.2) is 85.1 Å². The molecular weight excluding hydrogens is 615 g/mol. The van der Waals surface area contributed by atoms with E-state index in [-0.39, 0.29) is 23.5 Å². The van der Waals surface area contributed by atoms with Gasteiger partial charge in [0.1, 0.15) is 0 Å². The van der Waals surface area contributed by atoms with Crippen molar-refractivity contribution in [1.29, 1.82) is 0 Å². The first-order chi connectivity index (χ1) is 22.1. The van der Waals surface area contributed by atoms with Crippen LogP contribution in [0.4, 0.5) is 24.5 Å². The van der Waals surface area contributed by atoms with Gasteiger partial charge in [-0.1, -0.05) is 24.3 Å². The van der Waals surface area contributed by atoms with Crippen LogP contribution in [0.1, 0.15) is 63.1 Å². The van der Waals surface area contributed by atoms with Crippen LogP contribution in [0.5, 0.6) is 0 Å². The van der Waals surface area contributed by atoms with Crippen LogP contribution in [0, 0.1) is 0 Å². The highest BCUT2D eigenvalue weighted by atomic mass is 32.2. The summed E-state index contributed by atoms with van der Waals surface area (Å²) < 4.78 is 40.0. The minimum atomic E-state index is -4.58. The van der Waals surface area contributed by atoms with Crippen molar-refractivity contribution in [2.24, 2.45) is 0 Å². The Morgan fingerprint density at radius 3 is 2.37 bits per heavy atom. The van der Waals surface area contributed by atoms with Crippen molar-refractivity contribution in [2.75, 3.05) is 29.1 Å². The van der Waals surface area contributed by atoms with Crippen molar-refractivity contribution in [3.05, 3.63) is 113 Å². The number of anilines is 2. The fourth-order valence-electron chi connectivity index (χ4n) is 5.27. The molecule has 0 radical (unpaired) electrons. The van der Waals surface area contributed by atoms with Crippen molar-refractivity contribution in [2.45, 2.75) is 37.6 Å². The van der Waals surface area contributed by atoms with Gasteiger partial charge in [0.25, 0.3) is 5.91 Å². The van der Waals surface area contributed by atoms with Gasteiger partial charge in [-0.05, 0) is 79.4 Å². The molecule has 5 rings (SSSR count). The fraction of sp³-hybridized carbons (Fsp3) is 0.257.